The molecule has 1 saturated heterocycles. The van der Waals surface area contributed by atoms with E-state index in [4.69, 9.17) is 0 Å². The van der Waals surface area contributed by atoms with Gasteiger partial charge in [-0.1, -0.05) is 6.92 Å². The molecular weight excluding hydrogens is 322 g/mol. The van der Waals surface area contributed by atoms with Crippen molar-refractivity contribution < 1.29 is 9.72 Å². The van der Waals surface area contributed by atoms with Crippen LogP contribution in [0.3, 0.4) is 0 Å². The van der Waals surface area contributed by atoms with Gasteiger partial charge in [-0.25, -0.2) is 4.79 Å². The van der Waals surface area contributed by atoms with Gasteiger partial charge in [-0.05, 0) is 32.0 Å². The predicted molar refractivity (Wildman–Crippen MR) is 98.0 cm³/mol. The maximum absolute atomic E-state index is 12.0. The van der Waals surface area contributed by atoms with Gasteiger partial charge in [-0.3, -0.25) is 10.1 Å². The lowest BCUT2D eigenvalue weighted by Crippen LogP contribution is -2.47. The number of anilines is 1. The van der Waals surface area contributed by atoms with Gasteiger partial charge in [0.2, 0.25) is 0 Å². The molecular formula is C17H27N5O3. The van der Waals surface area contributed by atoms with E-state index >= 15 is 0 Å². The minimum Gasteiger partial charge on any atom is -0.338 e. The second-order valence-electron chi connectivity index (χ2n) is 6.80. The van der Waals surface area contributed by atoms with E-state index in [-0.39, 0.29) is 11.7 Å². The molecule has 2 amide bonds. The molecule has 2 rings (SSSR count). The van der Waals surface area contributed by atoms with E-state index < -0.39 is 4.92 Å². The normalized spacial score (nSPS) is 17.1. The number of carbonyl (C=O) groups excluding carboxylic acids is 1. The molecule has 8 heteroatoms. The average molecular weight is 349 g/mol. The first kappa shape index (κ1) is 19.1. The molecule has 8 nitrogen and oxygen atoms in total. The fourth-order valence-corrected chi connectivity index (χ4v) is 2.92. The Balaban J connectivity index is 1.74. The highest BCUT2D eigenvalue weighted by Gasteiger charge is 2.16. The minimum absolute atomic E-state index is 0.0479. The van der Waals surface area contributed by atoms with Gasteiger partial charge in [0, 0.05) is 56.6 Å². The van der Waals surface area contributed by atoms with Gasteiger partial charge in [0.05, 0.1) is 4.92 Å². The first-order valence-electron chi connectivity index (χ1n) is 8.56. The van der Waals surface area contributed by atoms with Crippen LogP contribution in [-0.4, -0.2) is 67.1 Å². The largest absolute Gasteiger partial charge is 0.338 e. The van der Waals surface area contributed by atoms with Crippen molar-refractivity contribution in [2.24, 2.45) is 5.92 Å². The molecule has 138 valence electrons. The van der Waals surface area contributed by atoms with Gasteiger partial charge < -0.3 is 20.4 Å². The molecule has 1 aromatic rings. The van der Waals surface area contributed by atoms with Crippen molar-refractivity contribution in [1.82, 2.24) is 15.1 Å². The van der Waals surface area contributed by atoms with Crippen LogP contribution in [0.25, 0.3) is 0 Å². The maximum Gasteiger partial charge on any atom is 0.319 e. The fraction of sp³-hybridized carbons (Fsp3) is 0.588. The van der Waals surface area contributed by atoms with Crippen LogP contribution in [0, 0.1) is 23.0 Å². The highest BCUT2D eigenvalue weighted by Crippen LogP contribution is 2.21. The van der Waals surface area contributed by atoms with E-state index in [1.54, 1.807) is 19.1 Å². The maximum atomic E-state index is 12.0. The van der Waals surface area contributed by atoms with Crippen molar-refractivity contribution in [3.05, 3.63) is 33.9 Å². The number of piperazine rings is 1. The van der Waals surface area contributed by atoms with Crippen molar-refractivity contribution in [2.75, 3.05) is 51.6 Å². The van der Waals surface area contributed by atoms with Gasteiger partial charge in [-0.15, -0.1) is 0 Å². The number of carbonyl (C=O) groups is 1. The molecule has 0 radical (unpaired) electrons. The summed E-state index contributed by atoms with van der Waals surface area (Å²) in [6.07, 6.45) is 0. The van der Waals surface area contributed by atoms with Crippen LogP contribution in [0.5, 0.6) is 0 Å². The Morgan fingerprint density at radius 2 is 2.00 bits per heavy atom. The van der Waals surface area contributed by atoms with E-state index in [1.165, 1.54) is 6.07 Å². The van der Waals surface area contributed by atoms with Gasteiger partial charge in [-0.2, -0.15) is 0 Å². The monoisotopic (exact) mass is 349 g/mol. The number of nitro benzene ring substituents is 1. The lowest BCUT2D eigenvalue weighted by atomic mass is 10.1. The summed E-state index contributed by atoms with van der Waals surface area (Å²) in [7, 11) is 2.13. The molecule has 0 spiro atoms. The predicted octanol–water partition coefficient (Wildman–Crippen LogP) is 1.91. The quantitative estimate of drug-likeness (QED) is 0.605. The third-order valence-electron chi connectivity index (χ3n) is 4.43. The molecule has 1 unspecified atom stereocenters. The van der Waals surface area contributed by atoms with Crippen LogP contribution < -0.4 is 10.6 Å². The van der Waals surface area contributed by atoms with Gasteiger partial charge in [0.1, 0.15) is 0 Å². The molecule has 1 aliphatic rings. The summed E-state index contributed by atoms with van der Waals surface area (Å²) in [5.74, 6) is 0.354. The zero-order valence-corrected chi connectivity index (χ0v) is 15.1. The highest BCUT2D eigenvalue weighted by atomic mass is 16.6. The van der Waals surface area contributed by atoms with Crippen LogP contribution in [0.15, 0.2) is 18.2 Å². The molecule has 0 saturated carbocycles. The van der Waals surface area contributed by atoms with E-state index in [1.807, 2.05) is 0 Å². The van der Waals surface area contributed by atoms with E-state index in [9.17, 15) is 14.9 Å². The first-order valence-corrected chi connectivity index (χ1v) is 8.56. The molecule has 0 bridgehead atoms. The minimum atomic E-state index is -0.431. The zero-order valence-electron chi connectivity index (χ0n) is 15.1. The summed E-state index contributed by atoms with van der Waals surface area (Å²) in [5, 5.41) is 16.4. The van der Waals surface area contributed by atoms with Crippen LogP contribution in [0.1, 0.15) is 12.5 Å². The average Bonchev–Trinajstić information content (AvgIpc) is 2.55. The van der Waals surface area contributed by atoms with Gasteiger partial charge >= 0.3 is 6.03 Å². The van der Waals surface area contributed by atoms with Crippen molar-refractivity contribution in [2.45, 2.75) is 13.8 Å². The summed E-state index contributed by atoms with van der Waals surface area (Å²) in [4.78, 5) is 27.1. The standard InChI is InChI=1S/C17H27N5O3/c1-13(12-21-8-6-20(3)7-9-21)11-18-17(23)19-15-4-5-16(22(24)25)14(2)10-15/h4-5,10,13H,6-9,11-12H2,1-3H3,(H2,18,19,23). The van der Waals surface area contributed by atoms with Crippen molar-refractivity contribution in [3.63, 3.8) is 0 Å². The molecule has 2 N–H and O–H groups in total. The number of nitrogens with zero attached hydrogens (tertiary/aromatic N) is 3. The molecule has 25 heavy (non-hydrogen) atoms. The molecule has 0 aliphatic carbocycles. The Kier molecular flexibility index (Phi) is 6.72. The molecule has 1 aromatic carbocycles. The van der Waals surface area contributed by atoms with Crippen molar-refractivity contribution in [1.29, 1.82) is 0 Å². The lowest BCUT2D eigenvalue weighted by molar-refractivity contribution is -0.385. The number of urea groups is 1. The highest BCUT2D eigenvalue weighted by molar-refractivity contribution is 5.89. The summed E-state index contributed by atoms with van der Waals surface area (Å²) in [6.45, 7) is 9.62. The number of hydrogen-bond donors (Lipinski definition) is 2. The zero-order chi connectivity index (χ0) is 18.4. The third kappa shape index (κ3) is 5.99. The SMILES string of the molecule is Cc1cc(NC(=O)NCC(C)CN2CCN(C)CC2)ccc1[N+](=O)[O-]. The van der Waals surface area contributed by atoms with E-state index in [2.05, 4.69) is 34.4 Å². The Labute approximate surface area is 148 Å². The van der Waals surface area contributed by atoms with Crippen LogP contribution in [-0.2, 0) is 0 Å². The van der Waals surface area contributed by atoms with E-state index in [0.29, 0.717) is 23.7 Å². The molecule has 0 aromatic heterocycles. The van der Waals surface area contributed by atoms with Crippen LogP contribution in [0.4, 0.5) is 16.2 Å². The number of likely N-dealkylation sites (N-methyl/N-ethyl adjacent to an activating group) is 1. The van der Waals surface area contributed by atoms with Crippen LogP contribution in [0.2, 0.25) is 0 Å². The number of hydrogen-bond acceptors (Lipinski definition) is 5. The fourth-order valence-electron chi connectivity index (χ4n) is 2.92. The number of aryl methyl sites for hydroxylation is 1. The number of nitro groups is 1. The Morgan fingerprint density at radius 3 is 2.60 bits per heavy atom. The van der Waals surface area contributed by atoms with Gasteiger partial charge in [0.15, 0.2) is 0 Å². The molecule has 1 fully saturated rings. The van der Waals surface area contributed by atoms with Crippen LogP contribution >= 0.6 is 0 Å². The summed E-state index contributed by atoms with van der Waals surface area (Å²) in [5.41, 5.74) is 1.12. The number of amides is 2. The molecule has 1 aliphatic heterocycles. The van der Waals surface area contributed by atoms with Crippen molar-refractivity contribution in [3.8, 4) is 0 Å². The first-order chi connectivity index (χ1) is 11.8. The Bertz CT molecular complexity index is 614. The number of nitrogens with one attached hydrogen (secondary N) is 2. The number of rotatable bonds is 6. The number of benzene rings is 1. The second kappa shape index (κ2) is 8.77. The molecule has 1 heterocycles. The van der Waals surface area contributed by atoms with E-state index in [0.717, 1.165) is 32.7 Å². The summed E-state index contributed by atoms with van der Waals surface area (Å²) in [6, 6.07) is 4.25. The lowest BCUT2D eigenvalue weighted by Gasteiger charge is -2.33. The summed E-state index contributed by atoms with van der Waals surface area (Å²) < 4.78 is 0. The summed E-state index contributed by atoms with van der Waals surface area (Å²) >= 11 is 0. The molecule has 1 atom stereocenters. The second-order valence-corrected chi connectivity index (χ2v) is 6.80. The Hall–Kier alpha value is -2.19. The van der Waals surface area contributed by atoms with Gasteiger partial charge in [0.25, 0.3) is 5.69 Å². The smallest absolute Gasteiger partial charge is 0.319 e. The third-order valence-corrected chi connectivity index (χ3v) is 4.43. The van der Waals surface area contributed by atoms with Crippen molar-refractivity contribution >= 4 is 17.4 Å². The topological polar surface area (TPSA) is 90.8 Å². The Morgan fingerprint density at radius 1 is 1.32 bits per heavy atom.